The number of rotatable bonds is 7. The van der Waals surface area contributed by atoms with E-state index in [4.69, 9.17) is 5.11 Å². The van der Waals surface area contributed by atoms with Gasteiger partial charge in [0.25, 0.3) is 0 Å². The van der Waals surface area contributed by atoms with E-state index in [1.54, 1.807) is 0 Å². The van der Waals surface area contributed by atoms with Crippen molar-refractivity contribution in [2.75, 3.05) is 13.1 Å². The topological polar surface area (TPSA) is 108 Å². The van der Waals surface area contributed by atoms with Crippen LogP contribution in [-0.2, 0) is 9.59 Å². The molecule has 0 aliphatic carbocycles. The number of nitrogens with one attached hydrogen (secondary N) is 3. The molecule has 1 unspecified atom stereocenters. The third kappa shape index (κ3) is 6.40. The number of carbonyl (C=O) groups excluding carboxylic acids is 2. The highest BCUT2D eigenvalue weighted by atomic mass is 16.4. The van der Waals surface area contributed by atoms with Gasteiger partial charge in [-0.05, 0) is 18.3 Å². The van der Waals surface area contributed by atoms with Crippen molar-refractivity contribution >= 4 is 17.9 Å². The molecule has 0 spiro atoms. The molecule has 1 rings (SSSR count). The van der Waals surface area contributed by atoms with Crippen molar-refractivity contribution in [3.63, 3.8) is 0 Å². The first-order chi connectivity index (χ1) is 9.28. The van der Waals surface area contributed by atoms with Crippen LogP contribution in [0.25, 0.3) is 0 Å². The number of urea groups is 1. The fraction of sp³-hybridized carbons (Fsp3) is 0.769. The summed E-state index contributed by atoms with van der Waals surface area (Å²) in [4.78, 5) is 33.1. The lowest BCUT2D eigenvalue weighted by Crippen LogP contribution is -2.43. The molecule has 0 saturated carbocycles. The molecule has 7 nitrogen and oxygen atoms in total. The minimum Gasteiger partial charge on any atom is -0.481 e. The highest BCUT2D eigenvalue weighted by Crippen LogP contribution is 2.25. The number of aliphatic carboxylic acids is 1. The van der Waals surface area contributed by atoms with E-state index in [2.05, 4.69) is 16.0 Å². The van der Waals surface area contributed by atoms with Gasteiger partial charge in [0.1, 0.15) is 0 Å². The molecule has 1 atom stereocenters. The normalized spacial score (nSPS) is 18.5. The maximum absolute atomic E-state index is 11.6. The molecule has 0 bridgehead atoms. The highest BCUT2D eigenvalue weighted by molar-refractivity contribution is 5.81. The van der Waals surface area contributed by atoms with Gasteiger partial charge in [0, 0.05) is 25.9 Å². The number of hydrogen-bond donors (Lipinski definition) is 4. The van der Waals surface area contributed by atoms with Gasteiger partial charge >= 0.3 is 12.0 Å². The lowest BCUT2D eigenvalue weighted by atomic mass is 9.84. The Balaban J connectivity index is 2.17. The van der Waals surface area contributed by atoms with Crippen molar-refractivity contribution in [2.24, 2.45) is 5.41 Å². The highest BCUT2D eigenvalue weighted by Gasteiger charge is 2.23. The average molecular weight is 285 g/mol. The summed E-state index contributed by atoms with van der Waals surface area (Å²) in [6, 6.07) is -0.442. The van der Waals surface area contributed by atoms with Crippen LogP contribution in [-0.4, -0.2) is 42.1 Å². The maximum Gasteiger partial charge on any atom is 0.315 e. The summed E-state index contributed by atoms with van der Waals surface area (Å²) >= 11 is 0. The molecule has 1 fully saturated rings. The summed E-state index contributed by atoms with van der Waals surface area (Å²) in [6.45, 7) is 4.91. The fourth-order valence-corrected chi connectivity index (χ4v) is 2.03. The molecule has 0 aromatic carbocycles. The molecule has 7 heteroatoms. The average Bonchev–Trinajstić information content (AvgIpc) is 2.72. The van der Waals surface area contributed by atoms with Gasteiger partial charge in [-0.1, -0.05) is 13.8 Å². The SMILES string of the molecule is CC(C)(CCNC(=O)NC1CNC(=O)C1)CCC(=O)O. The predicted octanol–water partition coefficient (Wildman–Crippen LogP) is 0.455. The molecular weight excluding hydrogens is 262 g/mol. The third-order valence-electron chi connectivity index (χ3n) is 3.42. The number of hydrogen-bond acceptors (Lipinski definition) is 3. The zero-order valence-electron chi connectivity index (χ0n) is 12.0. The Morgan fingerprint density at radius 1 is 1.40 bits per heavy atom. The zero-order chi connectivity index (χ0) is 15.2. The van der Waals surface area contributed by atoms with Crippen LogP contribution in [0.5, 0.6) is 0 Å². The Hall–Kier alpha value is -1.79. The Morgan fingerprint density at radius 3 is 2.65 bits per heavy atom. The quantitative estimate of drug-likeness (QED) is 0.545. The number of carboxylic acids is 1. The summed E-state index contributed by atoms with van der Waals surface area (Å²) in [7, 11) is 0. The molecule has 0 aromatic rings. The smallest absolute Gasteiger partial charge is 0.315 e. The van der Waals surface area contributed by atoms with Crippen molar-refractivity contribution in [3.8, 4) is 0 Å². The third-order valence-corrected chi connectivity index (χ3v) is 3.42. The van der Waals surface area contributed by atoms with Gasteiger partial charge in [0.2, 0.25) is 5.91 Å². The molecule has 3 amide bonds. The predicted molar refractivity (Wildman–Crippen MR) is 73.2 cm³/mol. The zero-order valence-corrected chi connectivity index (χ0v) is 12.0. The summed E-state index contributed by atoms with van der Waals surface area (Å²) in [5, 5.41) is 16.8. The van der Waals surface area contributed by atoms with Crippen LogP contribution in [0.1, 0.15) is 39.5 Å². The van der Waals surface area contributed by atoms with Gasteiger partial charge in [-0.15, -0.1) is 0 Å². The second kappa shape index (κ2) is 7.12. The van der Waals surface area contributed by atoms with Crippen LogP contribution in [0, 0.1) is 5.41 Å². The second-order valence-electron chi connectivity index (χ2n) is 5.91. The van der Waals surface area contributed by atoms with E-state index in [1.807, 2.05) is 13.8 Å². The number of carboxylic acid groups (broad SMARTS) is 1. The summed E-state index contributed by atoms with van der Waals surface area (Å²) in [6.07, 6.45) is 1.73. The van der Waals surface area contributed by atoms with Crippen molar-refractivity contribution < 1.29 is 19.5 Å². The van der Waals surface area contributed by atoms with Crippen LogP contribution in [0.4, 0.5) is 4.79 Å². The van der Waals surface area contributed by atoms with E-state index in [0.29, 0.717) is 32.4 Å². The van der Waals surface area contributed by atoms with Gasteiger partial charge < -0.3 is 21.1 Å². The first-order valence-electron chi connectivity index (χ1n) is 6.81. The van der Waals surface area contributed by atoms with Gasteiger partial charge in [-0.25, -0.2) is 4.79 Å². The summed E-state index contributed by atoms with van der Waals surface area (Å²) in [5.41, 5.74) is -0.128. The van der Waals surface area contributed by atoms with Crippen LogP contribution >= 0.6 is 0 Å². The van der Waals surface area contributed by atoms with E-state index < -0.39 is 5.97 Å². The largest absolute Gasteiger partial charge is 0.481 e. The lowest BCUT2D eigenvalue weighted by molar-refractivity contribution is -0.137. The molecule has 0 radical (unpaired) electrons. The minimum absolute atomic E-state index is 0.0508. The van der Waals surface area contributed by atoms with Crippen molar-refractivity contribution in [1.29, 1.82) is 0 Å². The standard InChI is InChI=1S/C13H23N3O4/c1-13(2,4-3-11(18)19)5-6-14-12(20)16-9-7-10(17)15-8-9/h9H,3-8H2,1-2H3,(H,15,17)(H,18,19)(H2,14,16,20). The van der Waals surface area contributed by atoms with E-state index in [9.17, 15) is 14.4 Å². The molecule has 1 saturated heterocycles. The Bertz CT molecular complexity index is 382. The molecule has 0 aromatic heterocycles. The number of amides is 3. The molecule has 1 aliphatic heterocycles. The van der Waals surface area contributed by atoms with Crippen LogP contribution in [0.3, 0.4) is 0 Å². The molecule has 4 N–H and O–H groups in total. The van der Waals surface area contributed by atoms with E-state index >= 15 is 0 Å². The van der Waals surface area contributed by atoms with Crippen molar-refractivity contribution in [1.82, 2.24) is 16.0 Å². The minimum atomic E-state index is -0.804. The Labute approximate surface area is 118 Å². The van der Waals surface area contributed by atoms with Crippen molar-refractivity contribution in [3.05, 3.63) is 0 Å². The molecular formula is C13H23N3O4. The van der Waals surface area contributed by atoms with E-state index in [1.165, 1.54) is 0 Å². The first-order valence-corrected chi connectivity index (χ1v) is 6.81. The van der Waals surface area contributed by atoms with Crippen molar-refractivity contribution in [2.45, 2.75) is 45.6 Å². The Morgan fingerprint density at radius 2 is 2.10 bits per heavy atom. The lowest BCUT2D eigenvalue weighted by Gasteiger charge is -2.24. The van der Waals surface area contributed by atoms with E-state index in [-0.39, 0.29) is 29.8 Å². The molecule has 114 valence electrons. The van der Waals surface area contributed by atoms with Crippen LogP contribution in [0.2, 0.25) is 0 Å². The summed E-state index contributed by atoms with van der Waals surface area (Å²) in [5.74, 6) is -0.854. The second-order valence-corrected chi connectivity index (χ2v) is 5.91. The van der Waals surface area contributed by atoms with Gasteiger partial charge in [0.15, 0.2) is 0 Å². The molecule has 1 heterocycles. The van der Waals surface area contributed by atoms with E-state index in [0.717, 1.165) is 0 Å². The fourth-order valence-electron chi connectivity index (χ4n) is 2.03. The maximum atomic E-state index is 11.6. The summed E-state index contributed by atoms with van der Waals surface area (Å²) < 4.78 is 0. The van der Waals surface area contributed by atoms with Gasteiger partial charge in [-0.2, -0.15) is 0 Å². The monoisotopic (exact) mass is 285 g/mol. The molecule has 20 heavy (non-hydrogen) atoms. The van der Waals surface area contributed by atoms with Gasteiger partial charge in [0.05, 0.1) is 6.04 Å². The first kappa shape index (κ1) is 16.3. The van der Waals surface area contributed by atoms with Crippen LogP contribution < -0.4 is 16.0 Å². The Kier molecular flexibility index (Phi) is 5.79. The van der Waals surface area contributed by atoms with Crippen LogP contribution in [0.15, 0.2) is 0 Å². The van der Waals surface area contributed by atoms with Gasteiger partial charge in [-0.3, -0.25) is 9.59 Å². The number of carbonyl (C=O) groups is 3. The molecule has 1 aliphatic rings.